The molecule has 2 heteroatoms. The van der Waals surface area contributed by atoms with Crippen LogP contribution in [0, 0.1) is 13.8 Å². The highest BCUT2D eigenvalue weighted by Gasteiger charge is 2.12. The molecule has 0 bridgehead atoms. The van der Waals surface area contributed by atoms with Crippen LogP contribution in [0.25, 0.3) is 0 Å². The predicted octanol–water partition coefficient (Wildman–Crippen LogP) is 3.25. The monoisotopic (exact) mass is 193 g/mol. The minimum atomic E-state index is 0.0733. The second kappa shape index (κ2) is 4.47. The zero-order valence-electron chi connectivity index (χ0n) is 9.26. The van der Waals surface area contributed by atoms with E-state index < -0.39 is 0 Å². The number of nitrogens with two attached hydrogens (primary N) is 1. The first-order valence-corrected chi connectivity index (χ1v) is 4.97. The van der Waals surface area contributed by atoms with E-state index in [0.717, 1.165) is 29.9 Å². The van der Waals surface area contributed by atoms with Gasteiger partial charge in [0.05, 0.1) is 0 Å². The van der Waals surface area contributed by atoms with Gasteiger partial charge in [0.2, 0.25) is 0 Å². The first kappa shape index (κ1) is 11.1. The van der Waals surface area contributed by atoms with E-state index in [1.807, 2.05) is 26.8 Å². The van der Waals surface area contributed by atoms with Crippen molar-refractivity contribution in [1.82, 2.24) is 0 Å². The van der Waals surface area contributed by atoms with Gasteiger partial charge in [-0.25, -0.2) is 0 Å². The molecule has 1 aromatic rings. The van der Waals surface area contributed by atoms with Crippen LogP contribution in [0.3, 0.4) is 0 Å². The highest BCUT2D eigenvalue weighted by atomic mass is 16.3. The van der Waals surface area contributed by atoms with Crippen molar-refractivity contribution in [2.24, 2.45) is 5.73 Å². The minimum Gasteiger partial charge on any atom is -0.466 e. The highest BCUT2D eigenvalue weighted by Crippen LogP contribution is 2.23. The largest absolute Gasteiger partial charge is 0.466 e. The van der Waals surface area contributed by atoms with Crippen molar-refractivity contribution in [2.45, 2.75) is 39.7 Å². The summed E-state index contributed by atoms with van der Waals surface area (Å²) < 4.78 is 5.44. The summed E-state index contributed by atoms with van der Waals surface area (Å²) in [5.74, 6) is 1.87. The van der Waals surface area contributed by atoms with E-state index in [0.29, 0.717) is 0 Å². The van der Waals surface area contributed by atoms with Crippen molar-refractivity contribution in [1.29, 1.82) is 0 Å². The Labute approximate surface area is 85.8 Å². The molecule has 0 aromatic carbocycles. The molecule has 0 amide bonds. The molecular formula is C12H19NO. The van der Waals surface area contributed by atoms with Crippen molar-refractivity contribution in [3.63, 3.8) is 0 Å². The fraction of sp³-hybridized carbons (Fsp3) is 0.500. The Morgan fingerprint density at radius 1 is 1.57 bits per heavy atom. The van der Waals surface area contributed by atoms with Crippen molar-refractivity contribution in [3.8, 4) is 0 Å². The summed E-state index contributed by atoms with van der Waals surface area (Å²) in [4.78, 5) is 0. The van der Waals surface area contributed by atoms with Gasteiger partial charge in [0.15, 0.2) is 0 Å². The summed E-state index contributed by atoms with van der Waals surface area (Å²) in [6, 6.07) is 2.10. The van der Waals surface area contributed by atoms with Crippen molar-refractivity contribution in [3.05, 3.63) is 35.3 Å². The summed E-state index contributed by atoms with van der Waals surface area (Å²) in [7, 11) is 0. The van der Waals surface area contributed by atoms with Gasteiger partial charge in [0, 0.05) is 11.6 Å². The average molecular weight is 193 g/mol. The smallest absolute Gasteiger partial charge is 0.105 e. The molecule has 78 valence electrons. The number of hydrogen-bond acceptors (Lipinski definition) is 2. The summed E-state index contributed by atoms with van der Waals surface area (Å²) >= 11 is 0. The number of aryl methyl sites for hydroxylation is 2. The molecule has 1 heterocycles. The van der Waals surface area contributed by atoms with Crippen molar-refractivity contribution in [2.75, 3.05) is 0 Å². The van der Waals surface area contributed by atoms with Crippen LogP contribution < -0.4 is 5.73 Å². The SMILES string of the molecule is C=C(C)CCC(N)c1cc(C)oc1C. The molecule has 1 unspecified atom stereocenters. The maximum Gasteiger partial charge on any atom is 0.105 e. The van der Waals surface area contributed by atoms with E-state index in [1.165, 1.54) is 5.57 Å². The van der Waals surface area contributed by atoms with Crippen LogP contribution in [0.1, 0.15) is 42.9 Å². The van der Waals surface area contributed by atoms with Gasteiger partial charge in [-0.05, 0) is 39.7 Å². The zero-order chi connectivity index (χ0) is 10.7. The second-order valence-corrected chi connectivity index (χ2v) is 3.97. The fourth-order valence-electron chi connectivity index (χ4n) is 1.58. The van der Waals surface area contributed by atoms with E-state index in [2.05, 4.69) is 6.58 Å². The van der Waals surface area contributed by atoms with Crippen LogP contribution in [0.4, 0.5) is 0 Å². The third-order valence-electron chi connectivity index (χ3n) is 2.36. The van der Waals surface area contributed by atoms with Gasteiger partial charge >= 0.3 is 0 Å². The number of furan rings is 1. The van der Waals surface area contributed by atoms with Crippen molar-refractivity contribution >= 4 is 0 Å². The lowest BCUT2D eigenvalue weighted by atomic mass is 10.0. The van der Waals surface area contributed by atoms with Crippen LogP contribution in [-0.2, 0) is 0 Å². The Kier molecular flexibility index (Phi) is 3.53. The molecule has 0 spiro atoms. The topological polar surface area (TPSA) is 39.2 Å². The quantitative estimate of drug-likeness (QED) is 0.745. The number of allylic oxidation sites excluding steroid dienone is 1. The third kappa shape index (κ3) is 2.74. The molecule has 0 radical (unpaired) electrons. The lowest BCUT2D eigenvalue weighted by Crippen LogP contribution is -2.10. The Bertz CT molecular complexity index is 325. The molecule has 1 atom stereocenters. The van der Waals surface area contributed by atoms with E-state index in [4.69, 9.17) is 10.2 Å². The fourth-order valence-corrected chi connectivity index (χ4v) is 1.58. The molecule has 1 aromatic heterocycles. The van der Waals surface area contributed by atoms with Gasteiger partial charge in [-0.2, -0.15) is 0 Å². The summed E-state index contributed by atoms with van der Waals surface area (Å²) in [5.41, 5.74) is 8.36. The molecule has 0 fully saturated rings. The van der Waals surface area contributed by atoms with E-state index in [9.17, 15) is 0 Å². The molecule has 0 aliphatic heterocycles. The summed E-state index contributed by atoms with van der Waals surface area (Å²) in [6.07, 6.45) is 1.92. The summed E-state index contributed by atoms with van der Waals surface area (Å²) in [5, 5.41) is 0. The Balaban J connectivity index is 2.64. The molecule has 0 saturated carbocycles. The van der Waals surface area contributed by atoms with Gasteiger partial charge in [-0.3, -0.25) is 0 Å². The maximum absolute atomic E-state index is 6.06. The number of hydrogen-bond donors (Lipinski definition) is 1. The van der Waals surface area contributed by atoms with Gasteiger partial charge in [0.1, 0.15) is 11.5 Å². The first-order chi connectivity index (χ1) is 6.50. The van der Waals surface area contributed by atoms with Crippen LogP contribution in [0.5, 0.6) is 0 Å². The second-order valence-electron chi connectivity index (χ2n) is 3.97. The molecule has 2 N–H and O–H groups in total. The van der Waals surface area contributed by atoms with E-state index >= 15 is 0 Å². The van der Waals surface area contributed by atoms with Gasteiger partial charge in [-0.1, -0.05) is 5.57 Å². The van der Waals surface area contributed by atoms with Gasteiger partial charge in [0.25, 0.3) is 0 Å². The standard InChI is InChI=1S/C12H19NO/c1-8(2)5-6-12(13)11-7-9(3)14-10(11)4/h7,12H,1,5-6,13H2,2-4H3. The first-order valence-electron chi connectivity index (χ1n) is 4.97. The molecule has 0 saturated heterocycles. The van der Waals surface area contributed by atoms with Crippen molar-refractivity contribution < 1.29 is 4.42 Å². The minimum absolute atomic E-state index is 0.0733. The Hall–Kier alpha value is -1.02. The molecule has 14 heavy (non-hydrogen) atoms. The Morgan fingerprint density at radius 3 is 2.64 bits per heavy atom. The predicted molar refractivity (Wildman–Crippen MR) is 59.2 cm³/mol. The van der Waals surface area contributed by atoms with E-state index in [1.54, 1.807) is 0 Å². The van der Waals surface area contributed by atoms with Crippen LogP contribution in [0.2, 0.25) is 0 Å². The van der Waals surface area contributed by atoms with Crippen LogP contribution >= 0.6 is 0 Å². The maximum atomic E-state index is 6.06. The molecule has 2 nitrogen and oxygen atoms in total. The van der Waals surface area contributed by atoms with Crippen LogP contribution in [-0.4, -0.2) is 0 Å². The molecule has 0 aliphatic rings. The molecular weight excluding hydrogens is 174 g/mol. The average Bonchev–Trinajstić information content (AvgIpc) is 2.41. The zero-order valence-corrected chi connectivity index (χ0v) is 9.26. The highest BCUT2D eigenvalue weighted by molar-refractivity contribution is 5.23. The van der Waals surface area contributed by atoms with Gasteiger partial charge in [-0.15, -0.1) is 6.58 Å². The van der Waals surface area contributed by atoms with E-state index in [-0.39, 0.29) is 6.04 Å². The third-order valence-corrected chi connectivity index (χ3v) is 2.36. The normalized spacial score (nSPS) is 12.9. The molecule has 1 rings (SSSR count). The lowest BCUT2D eigenvalue weighted by Gasteiger charge is -2.09. The summed E-state index contributed by atoms with van der Waals surface area (Å²) in [6.45, 7) is 9.81. The van der Waals surface area contributed by atoms with Crippen LogP contribution in [0.15, 0.2) is 22.6 Å². The van der Waals surface area contributed by atoms with Gasteiger partial charge < -0.3 is 10.2 Å². The molecule has 0 aliphatic carbocycles. The number of rotatable bonds is 4. The lowest BCUT2D eigenvalue weighted by molar-refractivity contribution is 0.495. The Morgan fingerprint density at radius 2 is 2.21 bits per heavy atom.